The number of hydrogen-bond acceptors (Lipinski definition) is 2. The van der Waals surface area contributed by atoms with E-state index < -0.39 is 8.07 Å². The van der Waals surface area contributed by atoms with Crippen molar-refractivity contribution in [3.8, 4) is 0 Å². The number of esters is 1. The lowest BCUT2D eigenvalue weighted by molar-refractivity contribution is -0.142. The first-order valence-corrected chi connectivity index (χ1v) is 8.22. The Hall–Kier alpha value is -0.573. The molecule has 0 saturated carbocycles. The summed E-state index contributed by atoms with van der Waals surface area (Å²) in [6.45, 7) is 12.7. The summed E-state index contributed by atoms with van der Waals surface area (Å²) in [7, 11) is -1.19. The van der Waals surface area contributed by atoms with E-state index >= 15 is 0 Å². The third kappa shape index (κ3) is 5.63. The van der Waals surface area contributed by atoms with E-state index in [-0.39, 0.29) is 5.97 Å². The maximum atomic E-state index is 11.2. The van der Waals surface area contributed by atoms with Crippen LogP contribution < -0.4 is 0 Å². The van der Waals surface area contributed by atoms with Gasteiger partial charge in [-0.05, 0) is 5.54 Å². The lowest BCUT2D eigenvalue weighted by Crippen LogP contribution is -2.28. The highest BCUT2D eigenvalue weighted by Crippen LogP contribution is 2.24. The average molecular weight is 200 g/mol. The molecule has 0 unspecified atom stereocenters. The van der Waals surface area contributed by atoms with Crippen molar-refractivity contribution in [2.45, 2.75) is 38.5 Å². The Morgan fingerprint density at radius 1 is 1.54 bits per heavy atom. The second kappa shape index (κ2) is 5.22. The van der Waals surface area contributed by atoms with Gasteiger partial charge in [0, 0.05) is 14.5 Å². The van der Waals surface area contributed by atoms with Crippen LogP contribution in [-0.4, -0.2) is 20.7 Å². The number of carbonyl (C=O) groups is 1. The highest BCUT2D eigenvalue weighted by molar-refractivity contribution is 6.77. The molecule has 0 aromatic carbocycles. The Morgan fingerprint density at radius 2 is 2.08 bits per heavy atom. The van der Waals surface area contributed by atoms with Gasteiger partial charge in [0.25, 0.3) is 0 Å². The lowest BCUT2D eigenvalue weighted by atomic mass is 10.3. The van der Waals surface area contributed by atoms with E-state index in [1.54, 1.807) is 6.08 Å². The fraction of sp³-hybridized carbons (Fsp3) is 0.700. The van der Waals surface area contributed by atoms with E-state index in [1.165, 1.54) is 0 Å². The second-order valence-electron chi connectivity index (χ2n) is 4.44. The lowest BCUT2D eigenvalue weighted by Gasteiger charge is -2.23. The summed E-state index contributed by atoms with van der Waals surface area (Å²) in [5.41, 5.74) is 0.477. The van der Waals surface area contributed by atoms with Crippen LogP contribution >= 0.6 is 0 Å². The molecular weight excluding hydrogens is 180 g/mol. The molecule has 3 heteroatoms. The van der Waals surface area contributed by atoms with Crippen molar-refractivity contribution in [1.29, 1.82) is 0 Å². The summed E-state index contributed by atoms with van der Waals surface area (Å²) < 4.78 is 4.92. The third-order valence-corrected chi connectivity index (χ3v) is 5.47. The first-order chi connectivity index (χ1) is 5.88. The largest absolute Gasteiger partial charge is 0.461 e. The van der Waals surface area contributed by atoms with Crippen LogP contribution in [0.5, 0.6) is 0 Å². The predicted octanol–water partition coefficient (Wildman–Crippen LogP) is 2.83. The molecule has 0 aromatic heterocycles. The van der Waals surface area contributed by atoms with Crippen LogP contribution in [0.25, 0.3) is 0 Å². The summed E-state index contributed by atoms with van der Waals surface area (Å²) in [5.74, 6) is -0.102. The van der Waals surface area contributed by atoms with E-state index in [0.29, 0.717) is 18.6 Å². The molecule has 0 rings (SSSR count). The van der Waals surface area contributed by atoms with Crippen LogP contribution in [-0.2, 0) is 9.53 Å². The molecular formula is C10H20O2Si. The maximum Gasteiger partial charge on any atom is 0.306 e. The van der Waals surface area contributed by atoms with Crippen molar-refractivity contribution in [3.05, 3.63) is 12.7 Å². The highest BCUT2D eigenvalue weighted by atomic mass is 28.3. The SMILES string of the molecule is C=CCOC(=O)C[C@@H](C)[Si](C)(C)C. The van der Waals surface area contributed by atoms with Crippen LogP contribution in [0.1, 0.15) is 13.3 Å². The number of hydrogen-bond donors (Lipinski definition) is 0. The molecule has 0 aromatic rings. The van der Waals surface area contributed by atoms with Gasteiger partial charge in [-0.15, -0.1) is 0 Å². The zero-order valence-electron chi connectivity index (χ0n) is 9.09. The van der Waals surface area contributed by atoms with E-state index in [1.807, 2.05) is 0 Å². The average Bonchev–Trinajstić information content (AvgIpc) is 1.99. The van der Waals surface area contributed by atoms with Gasteiger partial charge in [-0.25, -0.2) is 0 Å². The topological polar surface area (TPSA) is 26.3 Å². The summed E-state index contributed by atoms with van der Waals surface area (Å²) in [4.78, 5) is 11.2. The van der Waals surface area contributed by atoms with E-state index in [9.17, 15) is 4.79 Å². The molecule has 0 spiro atoms. The van der Waals surface area contributed by atoms with Gasteiger partial charge in [-0.2, -0.15) is 0 Å². The Balaban J connectivity index is 3.85. The van der Waals surface area contributed by atoms with Gasteiger partial charge in [-0.3, -0.25) is 4.79 Å². The molecule has 0 heterocycles. The molecule has 76 valence electrons. The Morgan fingerprint density at radius 3 is 2.46 bits per heavy atom. The van der Waals surface area contributed by atoms with E-state index in [2.05, 4.69) is 33.1 Å². The molecule has 0 aliphatic heterocycles. The number of rotatable bonds is 5. The predicted molar refractivity (Wildman–Crippen MR) is 58.5 cm³/mol. The molecule has 1 atom stereocenters. The summed E-state index contributed by atoms with van der Waals surface area (Å²) in [6, 6.07) is 0. The first kappa shape index (κ1) is 12.4. The van der Waals surface area contributed by atoms with Crippen molar-refractivity contribution >= 4 is 14.0 Å². The third-order valence-electron chi connectivity index (χ3n) is 2.31. The van der Waals surface area contributed by atoms with Gasteiger partial charge in [0.05, 0.1) is 0 Å². The fourth-order valence-corrected chi connectivity index (χ4v) is 1.55. The molecule has 0 N–H and O–H groups in total. The number of carbonyl (C=O) groups excluding carboxylic acids is 1. The Labute approximate surface area is 82.0 Å². The van der Waals surface area contributed by atoms with Crippen molar-refractivity contribution in [3.63, 3.8) is 0 Å². The van der Waals surface area contributed by atoms with Crippen LogP contribution in [0.2, 0.25) is 25.2 Å². The monoisotopic (exact) mass is 200 g/mol. The zero-order valence-corrected chi connectivity index (χ0v) is 10.1. The molecule has 0 saturated heterocycles. The molecule has 13 heavy (non-hydrogen) atoms. The Bertz CT molecular complexity index is 182. The summed E-state index contributed by atoms with van der Waals surface area (Å²) >= 11 is 0. The van der Waals surface area contributed by atoms with E-state index in [4.69, 9.17) is 4.74 Å². The normalized spacial score (nSPS) is 13.5. The van der Waals surface area contributed by atoms with Gasteiger partial charge < -0.3 is 4.74 Å². The zero-order chi connectivity index (χ0) is 10.5. The van der Waals surface area contributed by atoms with Crippen LogP contribution in [0.15, 0.2) is 12.7 Å². The van der Waals surface area contributed by atoms with Crippen LogP contribution in [0, 0.1) is 0 Å². The van der Waals surface area contributed by atoms with Crippen molar-refractivity contribution in [1.82, 2.24) is 0 Å². The molecule has 0 amide bonds. The first-order valence-electron chi connectivity index (χ1n) is 4.64. The smallest absolute Gasteiger partial charge is 0.306 e. The standard InChI is InChI=1S/C10H20O2Si/c1-6-7-12-10(11)8-9(2)13(3,4)5/h6,9H,1,7-8H2,2-5H3/t9-/m1/s1. The molecule has 0 aliphatic rings. The maximum absolute atomic E-state index is 11.2. The minimum Gasteiger partial charge on any atom is -0.461 e. The minimum atomic E-state index is -1.19. The van der Waals surface area contributed by atoms with Crippen molar-refractivity contribution in [2.24, 2.45) is 0 Å². The van der Waals surface area contributed by atoms with Gasteiger partial charge >= 0.3 is 5.97 Å². The molecule has 0 bridgehead atoms. The highest BCUT2D eigenvalue weighted by Gasteiger charge is 2.24. The van der Waals surface area contributed by atoms with Gasteiger partial charge in [-0.1, -0.05) is 39.2 Å². The molecule has 2 nitrogen and oxygen atoms in total. The van der Waals surface area contributed by atoms with Crippen molar-refractivity contribution in [2.75, 3.05) is 6.61 Å². The van der Waals surface area contributed by atoms with Gasteiger partial charge in [0.15, 0.2) is 0 Å². The van der Waals surface area contributed by atoms with Crippen LogP contribution in [0.3, 0.4) is 0 Å². The number of ether oxygens (including phenoxy) is 1. The molecule has 0 radical (unpaired) electrons. The van der Waals surface area contributed by atoms with Crippen molar-refractivity contribution < 1.29 is 9.53 Å². The Kier molecular flexibility index (Phi) is 4.99. The summed E-state index contributed by atoms with van der Waals surface area (Å²) in [5, 5.41) is 0. The van der Waals surface area contributed by atoms with Gasteiger partial charge in [0.2, 0.25) is 0 Å². The molecule has 0 aliphatic carbocycles. The van der Waals surface area contributed by atoms with Crippen LogP contribution in [0.4, 0.5) is 0 Å². The molecule has 0 fully saturated rings. The minimum absolute atomic E-state index is 0.102. The van der Waals surface area contributed by atoms with Gasteiger partial charge in [0.1, 0.15) is 6.61 Å². The quantitative estimate of drug-likeness (QED) is 0.387. The van der Waals surface area contributed by atoms with E-state index in [0.717, 1.165) is 0 Å². The second-order valence-corrected chi connectivity index (χ2v) is 10.2. The fourth-order valence-electron chi connectivity index (χ4n) is 0.767. The summed E-state index contributed by atoms with van der Waals surface area (Å²) in [6.07, 6.45) is 2.14.